The molecule has 0 unspecified atom stereocenters. The van der Waals surface area contributed by atoms with Crippen molar-refractivity contribution >= 4 is 34.0 Å². The highest BCUT2D eigenvalue weighted by Crippen LogP contribution is 2.27. The minimum atomic E-state index is -0.195. The fraction of sp³-hybridized carbons (Fsp3) is 0.308. The van der Waals surface area contributed by atoms with Gasteiger partial charge in [0.05, 0.1) is 5.39 Å². The SMILES string of the molecule is CN(C)C(=O)c1cccc(C(C)(C)CN=C2C=CC(c3cnc4n[nH]c(N)c4c3)=CCC2)c1. The minimum absolute atomic E-state index is 0.00845. The van der Waals surface area contributed by atoms with Crippen LogP contribution in [0.2, 0.25) is 0 Å². The number of carbonyl (C=O) groups excluding carboxylic acids is 1. The number of hydrogen-bond donors (Lipinski definition) is 2. The molecule has 0 radical (unpaired) electrons. The molecule has 7 nitrogen and oxygen atoms in total. The van der Waals surface area contributed by atoms with Gasteiger partial charge in [0, 0.05) is 49.1 Å². The zero-order valence-electron chi connectivity index (χ0n) is 19.6. The van der Waals surface area contributed by atoms with Crippen molar-refractivity contribution in [2.75, 3.05) is 26.4 Å². The molecular formula is C26H30N6O. The first kappa shape index (κ1) is 22.5. The van der Waals surface area contributed by atoms with Gasteiger partial charge in [-0.2, -0.15) is 5.10 Å². The van der Waals surface area contributed by atoms with Gasteiger partial charge in [-0.1, -0.05) is 38.1 Å². The second-order valence-electron chi connectivity index (χ2n) is 9.24. The number of pyridine rings is 1. The first-order valence-corrected chi connectivity index (χ1v) is 11.1. The summed E-state index contributed by atoms with van der Waals surface area (Å²) in [5, 5.41) is 7.70. The highest BCUT2D eigenvalue weighted by atomic mass is 16.2. The number of fused-ring (bicyclic) bond motifs is 1. The Kier molecular flexibility index (Phi) is 6.14. The molecule has 0 saturated heterocycles. The van der Waals surface area contributed by atoms with Crippen molar-refractivity contribution in [2.24, 2.45) is 4.99 Å². The summed E-state index contributed by atoms with van der Waals surface area (Å²) in [4.78, 5) is 23.3. The molecule has 1 amide bonds. The lowest BCUT2D eigenvalue weighted by Crippen LogP contribution is -2.25. The van der Waals surface area contributed by atoms with Gasteiger partial charge < -0.3 is 10.6 Å². The van der Waals surface area contributed by atoms with E-state index in [1.807, 2.05) is 30.5 Å². The van der Waals surface area contributed by atoms with Gasteiger partial charge >= 0.3 is 0 Å². The fourth-order valence-electron chi connectivity index (χ4n) is 3.86. The highest BCUT2D eigenvalue weighted by molar-refractivity contribution is 5.99. The monoisotopic (exact) mass is 442 g/mol. The lowest BCUT2D eigenvalue weighted by molar-refractivity contribution is 0.0827. The topological polar surface area (TPSA) is 100 Å². The third kappa shape index (κ3) is 4.87. The molecule has 0 bridgehead atoms. The van der Waals surface area contributed by atoms with Crippen molar-refractivity contribution in [3.63, 3.8) is 0 Å². The van der Waals surface area contributed by atoms with Gasteiger partial charge in [-0.3, -0.25) is 14.9 Å². The Bertz CT molecular complexity index is 1280. The molecule has 0 aliphatic heterocycles. The molecule has 33 heavy (non-hydrogen) atoms. The number of aromatic nitrogens is 3. The van der Waals surface area contributed by atoms with Crippen LogP contribution in [0.4, 0.5) is 5.82 Å². The van der Waals surface area contributed by atoms with E-state index in [1.165, 1.54) is 0 Å². The molecule has 0 saturated carbocycles. The van der Waals surface area contributed by atoms with Gasteiger partial charge in [0.25, 0.3) is 5.91 Å². The second-order valence-corrected chi connectivity index (χ2v) is 9.24. The van der Waals surface area contributed by atoms with Gasteiger partial charge in [-0.05, 0) is 48.3 Å². The van der Waals surface area contributed by atoms with Crippen LogP contribution in [0.15, 0.2) is 59.7 Å². The van der Waals surface area contributed by atoms with E-state index in [-0.39, 0.29) is 11.3 Å². The van der Waals surface area contributed by atoms with E-state index in [4.69, 9.17) is 10.7 Å². The second kappa shape index (κ2) is 9.02. The van der Waals surface area contributed by atoms with Gasteiger partial charge in [-0.25, -0.2) is 4.98 Å². The standard InChI is InChI=1S/C26H30N6O/c1-26(2,20-9-5-8-18(13-20)25(33)32(3)4)16-29-21-10-6-7-17(11-12-21)19-14-22-23(27)30-31-24(22)28-15-19/h5,7-9,11-15H,6,10,16H2,1-4H3,(H3,27,28,30,31). The third-order valence-electron chi connectivity index (χ3n) is 5.97. The fourth-order valence-corrected chi connectivity index (χ4v) is 3.86. The van der Waals surface area contributed by atoms with E-state index in [0.717, 1.165) is 40.6 Å². The number of nitrogens with zero attached hydrogens (tertiary/aromatic N) is 4. The number of nitrogen functional groups attached to an aromatic ring is 1. The van der Waals surface area contributed by atoms with Crippen molar-refractivity contribution in [3.8, 4) is 0 Å². The maximum absolute atomic E-state index is 12.4. The van der Waals surface area contributed by atoms with E-state index >= 15 is 0 Å². The number of anilines is 1. The number of H-pyrrole nitrogens is 1. The minimum Gasteiger partial charge on any atom is -0.384 e. The summed E-state index contributed by atoms with van der Waals surface area (Å²) in [6.45, 7) is 4.97. The van der Waals surface area contributed by atoms with Crippen LogP contribution in [0.1, 0.15) is 48.2 Å². The Morgan fingerprint density at radius 3 is 2.85 bits per heavy atom. The van der Waals surface area contributed by atoms with Gasteiger partial charge in [-0.15, -0.1) is 0 Å². The van der Waals surface area contributed by atoms with E-state index in [9.17, 15) is 4.79 Å². The molecule has 2 heterocycles. The van der Waals surface area contributed by atoms with Crippen LogP contribution < -0.4 is 5.73 Å². The zero-order chi connectivity index (χ0) is 23.6. The molecule has 3 aromatic rings. The summed E-state index contributed by atoms with van der Waals surface area (Å²) < 4.78 is 0. The molecule has 4 rings (SSSR count). The molecule has 2 aromatic heterocycles. The van der Waals surface area contributed by atoms with Crippen LogP contribution in [-0.4, -0.2) is 52.3 Å². The van der Waals surface area contributed by atoms with Gasteiger partial charge in [0.1, 0.15) is 5.82 Å². The average Bonchev–Trinajstić information content (AvgIpc) is 3.02. The van der Waals surface area contributed by atoms with E-state index in [0.29, 0.717) is 23.6 Å². The molecule has 7 heteroatoms. The molecule has 170 valence electrons. The quantitative estimate of drug-likeness (QED) is 0.612. The number of hydrogen-bond acceptors (Lipinski definition) is 5. The molecule has 3 N–H and O–H groups in total. The molecule has 1 aliphatic carbocycles. The van der Waals surface area contributed by atoms with Crippen molar-refractivity contribution in [1.82, 2.24) is 20.1 Å². The summed E-state index contributed by atoms with van der Waals surface area (Å²) in [6, 6.07) is 9.87. The smallest absolute Gasteiger partial charge is 0.253 e. The number of benzene rings is 1. The number of aromatic amines is 1. The van der Waals surface area contributed by atoms with E-state index in [1.54, 1.807) is 19.0 Å². The highest BCUT2D eigenvalue weighted by Gasteiger charge is 2.22. The Labute approximate surface area is 194 Å². The van der Waals surface area contributed by atoms with Crippen molar-refractivity contribution in [2.45, 2.75) is 32.1 Å². The van der Waals surface area contributed by atoms with Crippen LogP contribution in [0.3, 0.4) is 0 Å². The Balaban J connectivity index is 1.50. The number of amides is 1. The van der Waals surface area contributed by atoms with Crippen molar-refractivity contribution in [1.29, 1.82) is 0 Å². The number of aliphatic imine (C=N–C) groups is 1. The molecule has 1 aromatic carbocycles. The first-order chi connectivity index (χ1) is 15.7. The van der Waals surface area contributed by atoms with Gasteiger partial charge in [0.15, 0.2) is 5.65 Å². The largest absolute Gasteiger partial charge is 0.384 e. The number of nitrogens with two attached hydrogens (primary N) is 1. The van der Waals surface area contributed by atoms with Gasteiger partial charge in [0.2, 0.25) is 0 Å². The lowest BCUT2D eigenvalue weighted by Gasteiger charge is -2.24. The van der Waals surface area contributed by atoms with Crippen LogP contribution >= 0.6 is 0 Å². The lowest BCUT2D eigenvalue weighted by atomic mass is 9.84. The van der Waals surface area contributed by atoms with Crippen LogP contribution in [0.25, 0.3) is 16.6 Å². The summed E-state index contributed by atoms with van der Waals surface area (Å²) >= 11 is 0. The van der Waals surface area contributed by atoms with E-state index < -0.39 is 0 Å². The maximum Gasteiger partial charge on any atom is 0.253 e. The Morgan fingerprint density at radius 1 is 1.24 bits per heavy atom. The number of nitrogens with one attached hydrogen (secondary N) is 1. The van der Waals surface area contributed by atoms with Crippen molar-refractivity contribution < 1.29 is 4.79 Å². The third-order valence-corrected chi connectivity index (χ3v) is 5.97. The molecule has 0 spiro atoms. The number of allylic oxidation sites excluding steroid dienone is 4. The molecule has 0 fully saturated rings. The Hall–Kier alpha value is -3.74. The molecular weight excluding hydrogens is 412 g/mol. The average molecular weight is 443 g/mol. The normalized spacial score (nSPS) is 15.5. The number of carbonyl (C=O) groups is 1. The predicted octanol–water partition coefficient (Wildman–Crippen LogP) is 4.39. The first-order valence-electron chi connectivity index (χ1n) is 11.1. The predicted molar refractivity (Wildman–Crippen MR) is 134 cm³/mol. The summed E-state index contributed by atoms with van der Waals surface area (Å²) in [7, 11) is 3.54. The molecule has 0 atom stereocenters. The van der Waals surface area contributed by atoms with Crippen molar-refractivity contribution in [3.05, 3.63) is 71.4 Å². The molecule has 1 aliphatic rings. The van der Waals surface area contributed by atoms with Crippen LogP contribution in [0.5, 0.6) is 0 Å². The van der Waals surface area contributed by atoms with E-state index in [2.05, 4.69) is 53.3 Å². The summed E-state index contributed by atoms with van der Waals surface area (Å²) in [5.41, 5.74) is 11.4. The zero-order valence-corrected chi connectivity index (χ0v) is 19.6. The summed E-state index contributed by atoms with van der Waals surface area (Å²) in [6.07, 6.45) is 9.98. The van der Waals surface area contributed by atoms with Crippen LogP contribution in [-0.2, 0) is 5.41 Å². The number of rotatable bonds is 5. The van der Waals surface area contributed by atoms with Crippen LogP contribution in [0, 0.1) is 0 Å². The maximum atomic E-state index is 12.4. The Morgan fingerprint density at radius 2 is 2.06 bits per heavy atom. The summed E-state index contributed by atoms with van der Waals surface area (Å²) in [5.74, 6) is 0.535.